The zero-order valence-corrected chi connectivity index (χ0v) is 5.44. The standard InChI is InChI=1S/C7H9O2/c1-2-3-4-5-6-7(8)9/h2-3,6H2,1H3. The molecule has 0 rings (SSSR count). The smallest absolute Gasteiger partial charge is 0.246 e. The Hall–Kier alpha value is -0.970. The highest BCUT2D eigenvalue weighted by atomic mass is 16.4. The third-order valence-corrected chi connectivity index (χ3v) is 0.733. The molecule has 0 N–H and O–H groups in total. The maximum atomic E-state index is 9.75. The zero-order chi connectivity index (χ0) is 7.11. The summed E-state index contributed by atoms with van der Waals surface area (Å²) in [5, 5.41) is 9.75. The predicted octanol–water partition coefficient (Wildman–Crippen LogP) is 1.14. The van der Waals surface area contributed by atoms with E-state index in [4.69, 9.17) is 0 Å². The van der Waals surface area contributed by atoms with Gasteiger partial charge >= 0.3 is 5.97 Å². The minimum atomic E-state index is -1.10. The predicted molar refractivity (Wildman–Crippen MR) is 33.0 cm³/mol. The maximum absolute atomic E-state index is 9.75. The van der Waals surface area contributed by atoms with Crippen molar-refractivity contribution in [3.05, 3.63) is 0 Å². The molecule has 0 saturated carbocycles. The monoisotopic (exact) mass is 125 g/mol. The largest absolute Gasteiger partial charge is 0.367 e. The first-order valence-corrected chi connectivity index (χ1v) is 2.93. The fourth-order valence-electron chi connectivity index (χ4n) is 0.348. The van der Waals surface area contributed by atoms with Crippen LogP contribution in [-0.2, 0) is 9.90 Å². The highest BCUT2D eigenvalue weighted by Gasteiger charge is 1.90. The molecule has 0 aromatic rings. The van der Waals surface area contributed by atoms with Crippen LogP contribution in [0.3, 0.4) is 0 Å². The lowest BCUT2D eigenvalue weighted by Crippen LogP contribution is -1.87. The summed E-state index contributed by atoms with van der Waals surface area (Å²) in [5.41, 5.74) is 0. The third-order valence-electron chi connectivity index (χ3n) is 0.733. The van der Waals surface area contributed by atoms with Crippen molar-refractivity contribution in [3.63, 3.8) is 0 Å². The molecule has 9 heavy (non-hydrogen) atoms. The molecule has 0 fully saturated rings. The Kier molecular flexibility index (Phi) is 4.61. The number of carbonyl (C=O) groups is 1. The minimum absolute atomic E-state index is 0.139. The first kappa shape index (κ1) is 8.03. The summed E-state index contributed by atoms with van der Waals surface area (Å²) in [5.74, 6) is 4.07. The van der Waals surface area contributed by atoms with Crippen molar-refractivity contribution in [2.45, 2.75) is 26.2 Å². The summed E-state index contributed by atoms with van der Waals surface area (Å²) < 4.78 is 0. The van der Waals surface area contributed by atoms with Gasteiger partial charge in [0.25, 0.3) is 0 Å². The van der Waals surface area contributed by atoms with Crippen LogP contribution in [0.5, 0.6) is 0 Å². The molecule has 0 bridgehead atoms. The molecule has 49 valence electrons. The van der Waals surface area contributed by atoms with E-state index in [-0.39, 0.29) is 6.42 Å². The van der Waals surface area contributed by atoms with Crippen LogP contribution in [0.2, 0.25) is 0 Å². The van der Waals surface area contributed by atoms with E-state index in [1.54, 1.807) is 0 Å². The first-order valence-electron chi connectivity index (χ1n) is 2.93. The lowest BCUT2D eigenvalue weighted by atomic mass is 10.3. The topological polar surface area (TPSA) is 37.0 Å². The summed E-state index contributed by atoms with van der Waals surface area (Å²) in [4.78, 5) is 9.75. The summed E-state index contributed by atoms with van der Waals surface area (Å²) >= 11 is 0. The average molecular weight is 125 g/mol. The Morgan fingerprint density at radius 3 is 2.56 bits per heavy atom. The molecule has 0 saturated heterocycles. The second-order valence-electron chi connectivity index (χ2n) is 1.65. The Balaban J connectivity index is 3.26. The maximum Gasteiger partial charge on any atom is 0.367 e. The van der Waals surface area contributed by atoms with Gasteiger partial charge in [-0.2, -0.15) is 0 Å². The minimum Gasteiger partial charge on any atom is -0.246 e. The third kappa shape index (κ3) is 7.03. The molecule has 0 aliphatic carbocycles. The summed E-state index contributed by atoms with van der Waals surface area (Å²) in [6.07, 6.45) is 1.60. The van der Waals surface area contributed by atoms with Gasteiger partial charge in [0.15, 0.2) is 0 Å². The van der Waals surface area contributed by atoms with E-state index >= 15 is 0 Å². The highest BCUT2D eigenvalue weighted by Crippen LogP contribution is 1.82. The molecular weight excluding hydrogens is 116 g/mol. The fourth-order valence-corrected chi connectivity index (χ4v) is 0.348. The second-order valence-corrected chi connectivity index (χ2v) is 1.65. The Labute approximate surface area is 54.9 Å². The molecule has 0 amide bonds. The van der Waals surface area contributed by atoms with Crippen molar-refractivity contribution >= 4 is 5.97 Å². The molecule has 0 spiro atoms. The Bertz CT molecular complexity index is 139. The average Bonchev–Trinajstić information content (AvgIpc) is 1.80. The quantitative estimate of drug-likeness (QED) is 0.510. The van der Waals surface area contributed by atoms with Gasteiger partial charge in [-0.15, -0.1) is 5.92 Å². The second kappa shape index (κ2) is 5.17. The van der Waals surface area contributed by atoms with Gasteiger partial charge in [-0.05, 0) is 6.42 Å². The molecule has 2 nitrogen and oxygen atoms in total. The lowest BCUT2D eigenvalue weighted by molar-refractivity contribution is -0.141. The van der Waals surface area contributed by atoms with Crippen LogP contribution in [0.25, 0.3) is 0 Å². The molecule has 0 atom stereocenters. The van der Waals surface area contributed by atoms with Crippen molar-refractivity contribution in [3.8, 4) is 11.8 Å². The fraction of sp³-hybridized carbons (Fsp3) is 0.571. The van der Waals surface area contributed by atoms with Crippen molar-refractivity contribution in [1.82, 2.24) is 0 Å². The molecule has 0 aromatic heterocycles. The molecule has 2 heteroatoms. The van der Waals surface area contributed by atoms with Gasteiger partial charge in [-0.3, -0.25) is 0 Å². The zero-order valence-electron chi connectivity index (χ0n) is 5.44. The summed E-state index contributed by atoms with van der Waals surface area (Å²) in [7, 11) is 0. The van der Waals surface area contributed by atoms with Crippen molar-refractivity contribution in [2.75, 3.05) is 0 Å². The number of hydrogen-bond donors (Lipinski definition) is 0. The van der Waals surface area contributed by atoms with Crippen molar-refractivity contribution in [2.24, 2.45) is 0 Å². The van der Waals surface area contributed by atoms with Gasteiger partial charge in [0, 0.05) is 6.42 Å². The van der Waals surface area contributed by atoms with E-state index in [1.807, 2.05) is 6.92 Å². The van der Waals surface area contributed by atoms with Gasteiger partial charge in [0.2, 0.25) is 0 Å². The number of rotatable bonds is 2. The van der Waals surface area contributed by atoms with Gasteiger partial charge in [0.1, 0.15) is 6.42 Å². The van der Waals surface area contributed by atoms with E-state index in [9.17, 15) is 9.90 Å². The highest BCUT2D eigenvalue weighted by molar-refractivity contribution is 5.69. The SMILES string of the molecule is CCCC#CCC([O])=O. The lowest BCUT2D eigenvalue weighted by Gasteiger charge is -1.76. The molecule has 0 aliphatic heterocycles. The first-order chi connectivity index (χ1) is 4.27. The molecule has 1 radical (unpaired) electrons. The van der Waals surface area contributed by atoms with Crippen LogP contribution in [0.4, 0.5) is 0 Å². The molecule has 0 aromatic carbocycles. The van der Waals surface area contributed by atoms with E-state index in [1.165, 1.54) is 0 Å². The van der Waals surface area contributed by atoms with Crippen molar-refractivity contribution in [1.29, 1.82) is 0 Å². The summed E-state index contributed by atoms with van der Waals surface area (Å²) in [6, 6.07) is 0. The van der Waals surface area contributed by atoms with Crippen LogP contribution in [0, 0.1) is 11.8 Å². The van der Waals surface area contributed by atoms with Crippen molar-refractivity contribution < 1.29 is 9.90 Å². The summed E-state index contributed by atoms with van der Waals surface area (Å²) in [6.45, 7) is 1.99. The molecule has 0 unspecified atom stereocenters. The van der Waals surface area contributed by atoms with Gasteiger partial charge in [0.05, 0.1) is 0 Å². The van der Waals surface area contributed by atoms with E-state index in [2.05, 4.69) is 11.8 Å². The van der Waals surface area contributed by atoms with Gasteiger partial charge in [-0.25, -0.2) is 9.90 Å². The van der Waals surface area contributed by atoms with Crippen LogP contribution in [0.1, 0.15) is 26.2 Å². The van der Waals surface area contributed by atoms with Crippen LogP contribution in [0.15, 0.2) is 0 Å². The van der Waals surface area contributed by atoms with E-state index in [0.717, 1.165) is 12.8 Å². The Morgan fingerprint density at radius 1 is 1.44 bits per heavy atom. The van der Waals surface area contributed by atoms with Crippen LogP contribution in [-0.4, -0.2) is 5.97 Å². The number of hydrogen-bond acceptors (Lipinski definition) is 1. The molecule has 0 heterocycles. The van der Waals surface area contributed by atoms with Crippen LogP contribution >= 0.6 is 0 Å². The number of carbonyl (C=O) groups excluding carboxylic acids is 1. The number of unbranched alkanes of at least 4 members (excludes halogenated alkanes) is 1. The van der Waals surface area contributed by atoms with Gasteiger partial charge < -0.3 is 0 Å². The Morgan fingerprint density at radius 2 is 2.11 bits per heavy atom. The molecular formula is C7H9O2. The van der Waals surface area contributed by atoms with Gasteiger partial charge in [-0.1, -0.05) is 12.8 Å². The van der Waals surface area contributed by atoms with E-state index in [0.29, 0.717) is 0 Å². The van der Waals surface area contributed by atoms with Crippen LogP contribution < -0.4 is 0 Å². The molecule has 0 aliphatic rings. The normalized spacial score (nSPS) is 7.67. The van der Waals surface area contributed by atoms with E-state index < -0.39 is 5.97 Å².